The molecule has 0 aromatic heterocycles. The Morgan fingerprint density at radius 2 is 2.12 bits per heavy atom. The Morgan fingerprint density at radius 3 is 2.62 bits per heavy atom. The molecule has 0 spiro atoms. The summed E-state index contributed by atoms with van der Waals surface area (Å²) in [4.78, 5) is 12.0. The highest BCUT2D eigenvalue weighted by Gasteiger charge is 2.20. The number of Topliss-reactive ketones (excluding diaryl/α,β-unsaturated/α-hetero) is 1. The van der Waals surface area contributed by atoms with Crippen LogP contribution in [0.1, 0.15) is 30.6 Å². The predicted octanol–water partition coefficient (Wildman–Crippen LogP) is 2.77. The van der Waals surface area contributed by atoms with Gasteiger partial charge in [-0.25, -0.2) is 0 Å². The van der Waals surface area contributed by atoms with E-state index in [9.17, 15) is 4.79 Å². The molecule has 0 aliphatic rings. The Labute approximate surface area is 104 Å². The number of rotatable bonds is 4. The lowest BCUT2D eigenvalue weighted by Gasteiger charge is -2.18. The van der Waals surface area contributed by atoms with E-state index in [1.54, 1.807) is 19.2 Å². The molecule has 0 unspecified atom stereocenters. The second-order valence-corrected chi connectivity index (χ2v) is 5.35. The van der Waals surface area contributed by atoms with Gasteiger partial charge in [0.2, 0.25) is 0 Å². The first-order valence-electron chi connectivity index (χ1n) is 4.99. The van der Waals surface area contributed by atoms with Crippen molar-refractivity contribution in [2.24, 2.45) is 5.73 Å². The zero-order valence-corrected chi connectivity index (χ0v) is 11.3. The third-order valence-corrected chi connectivity index (χ3v) is 2.57. The molecule has 0 saturated carbocycles. The Balaban J connectivity index is 3.02. The highest BCUT2D eigenvalue weighted by molar-refractivity contribution is 9.10. The topological polar surface area (TPSA) is 52.3 Å². The van der Waals surface area contributed by atoms with Gasteiger partial charge in [0.1, 0.15) is 5.75 Å². The van der Waals surface area contributed by atoms with E-state index < -0.39 is 5.54 Å². The first kappa shape index (κ1) is 13.2. The fourth-order valence-electron chi connectivity index (χ4n) is 1.41. The van der Waals surface area contributed by atoms with Crippen molar-refractivity contribution >= 4 is 21.7 Å². The van der Waals surface area contributed by atoms with Gasteiger partial charge in [-0.05, 0) is 32.0 Å². The van der Waals surface area contributed by atoms with Crippen molar-refractivity contribution in [3.8, 4) is 5.75 Å². The van der Waals surface area contributed by atoms with Crippen LogP contribution in [0.5, 0.6) is 5.75 Å². The molecular weight excluding hydrogens is 270 g/mol. The Hall–Kier alpha value is -0.870. The molecule has 0 aliphatic carbocycles. The average molecular weight is 286 g/mol. The molecule has 1 aromatic rings. The van der Waals surface area contributed by atoms with Crippen LogP contribution in [0.2, 0.25) is 0 Å². The van der Waals surface area contributed by atoms with Crippen molar-refractivity contribution in [3.05, 3.63) is 28.2 Å². The van der Waals surface area contributed by atoms with Crippen LogP contribution < -0.4 is 10.5 Å². The summed E-state index contributed by atoms with van der Waals surface area (Å²) in [5.74, 6) is 0.572. The van der Waals surface area contributed by atoms with Gasteiger partial charge >= 0.3 is 0 Å². The third kappa shape index (κ3) is 3.61. The van der Waals surface area contributed by atoms with E-state index in [0.717, 1.165) is 4.47 Å². The second-order valence-electron chi connectivity index (χ2n) is 4.43. The van der Waals surface area contributed by atoms with Gasteiger partial charge in [0.25, 0.3) is 0 Å². The summed E-state index contributed by atoms with van der Waals surface area (Å²) >= 11 is 3.33. The summed E-state index contributed by atoms with van der Waals surface area (Å²) in [5.41, 5.74) is 5.89. The molecule has 0 saturated heterocycles. The van der Waals surface area contributed by atoms with E-state index in [4.69, 9.17) is 10.5 Å². The van der Waals surface area contributed by atoms with E-state index in [1.807, 2.05) is 19.9 Å². The van der Waals surface area contributed by atoms with Crippen LogP contribution in [0.25, 0.3) is 0 Å². The van der Waals surface area contributed by atoms with Crippen LogP contribution in [-0.4, -0.2) is 18.4 Å². The van der Waals surface area contributed by atoms with Gasteiger partial charge in [-0.3, -0.25) is 4.79 Å². The first-order chi connectivity index (χ1) is 7.33. The summed E-state index contributed by atoms with van der Waals surface area (Å²) in [6.45, 7) is 3.66. The van der Waals surface area contributed by atoms with Gasteiger partial charge in [0, 0.05) is 16.4 Å². The molecule has 3 nitrogen and oxygen atoms in total. The van der Waals surface area contributed by atoms with Gasteiger partial charge in [-0.2, -0.15) is 0 Å². The number of carbonyl (C=O) groups excluding carboxylic acids is 1. The largest absolute Gasteiger partial charge is 0.496 e. The summed E-state index contributed by atoms with van der Waals surface area (Å²) in [6.07, 6.45) is 0.291. The van der Waals surface area contributed by atoms with E-state index in [0.29, 0.717) is 17.7 Å². The van der Waals surface area contributed by atoms with E-state index >= 15 is 0 Å². The molecule has 88 valence electrons. The predicted molar refractivity (Wildman–Crippen MR) is 67.9 cm³/mol. The Morgan fingerprint density at radius 1 is 1.50 bits per heavy atom. The molecule has 2 N–H and O–H groups in total. The normalized spacial score (nSPS) is 11.3. The second kappa shape index (κ2) is 4.97. The molecule has 0 aliphatic heterocycles. The number of hydrogen-bond donors (Lipinski definition) is 1. The van der Waals surface area contributed by atoms with E-state index in [-0.39, 0.29) is 5.78 Å². The van der Waals surface area contributed by atoms with Crippen molar-refractivity contribution in [2.45, 2.75) is 25.8 Å². The molecule has 1 aromatic carbocycles. The molecule has 0 heterocycles. The minimum Gasteiger partial charge on any atom is -0.496 e. The molecule has 1 rings (SSSR count). The minimum absolute atomic E-state index is 0.00866. The molecular formula is C12H16BrNO2. The molecule has 0 bridgehead atoms. The summed E-state index contributed by atoms with van der Waals surface area (Å²) in [5, 5.41) is 0. The maximum Gasteiger partial charge on any atom is 0.168 e. The van der Waals surface area contributed by atoms with Crippen molar-refractivity contribution < 1.29 is 9.53 Å². The van der Waals surface area contributed by atoms with Crippen LogP contribution >= 0.6 is 15.9 Å². The lowest BCUT2D eigenvalue weighted by Crippen LogP contribution is -2.34. The fourth-order valence-corrected chi connectivity index (χ4v) is 1.77. The van der Waals surface area contributed by atoms with Crippen LogP contribution in [0.3, 0.4) is 0 Å². The van der Waals surface area contributed by atoms with Crippen LogP contribution in [0, 0.1) is 0 Å². The summed E-state index contributed by atoms with van der Waals surface area (Å²) in [6, 6.07) is 5.36. The van der Waals surface area contributed by atoms with Gasteiger partial charge in [0.05, 0.1) is 12.7 Å². The smallest absolute Gasteiger partial charge is 0.168 e. The zero-order valence-electron chi connectivity index (χ0n) is 9.71. The fraction of sp³-hybridized carbons (Fsp3) is 0.417. The van der Waals surface area contributed by atoms with Crippen molar-refractivity contribution in [1.82, 2.24) is 0 Å². The Kier molecular flexibility index (Phi) is 4.10. The number of hydrogen-bond acceptors (Lipinski definition) is 3. The number of benzene rings is 1. The highest BCUT2D eigenvalue weighted by Crippen LogP contribution is 2.25. The average Bonchev–Trinajstić information content (AvgIpc) is 2.15. The summed E-state index contributed by atoms with van der Waals surface area (Å²) < 4.78 is 6.01. The summed E-state index contributed by atoms with van der Waals surface area (Å²) in [7, 11) is 1.55. The first-order valence-corrected chi connectivity index (χ1v) is 5.78. The SMILES string of the molecule is COc1ccc(Br)cc1C(=O)CC(C)(C)N. The lowest BCUT2D eigenvalue weighted by molar-refractivity contribution is 0.0957. The van der Waals surface area contributed by atoms with Crippen molar-refractivity contribution in [2.75, 3.05) is 7.11 Å². The number of nitrogens with two attached hydrogens (primary N) is 1. The van der Waals surface area contributed by atoms with Crippen molar-refractivity contribution in [1.29, 1.82) is 0 Å². The maximum absolute atomic E-state index is 12.0. The van der Waals surface area contributed by atoms with Gasteiger partial charge in [0.15, 0.2) is 5.78 Å². The molecule has 0 amide bonds. The molecule has 0 radical (unpaired) electrons. The highest BCUT2D eigenvalue weighted by atomic mass is 79.9. The molecule has 16 heavy (non-hydrogen) atoms. The van der Waals surface area contributed by atoms with Crippen molar-refractivity contribution in [3.63, 3.8) is 0 Å². The standard InChI is InChI=1S/C12H16BrNO2/c1-12(2,14)7-10(15)9-6-8(13)4-5-11(9)16-3/h4-6H,7,14H2,1-3H3. The number of carbonyl (C=O) groups is 1. The molecule has 0 atom stereocenters. The van der Waals surface area contributed by atoms with Gasteiger partial charge in [-0.15, -0.1) is 0 Å². The van der Waals surface area contributed by atoms with Crippen LogP contribution in [0.15, 0.2) is 22.7 Å². The van der Waals surface area contributed by atoms with E-state index in [1.165, 1.54) is 0 Å². The van der Waals surface area contributed by atoms with Crippen LogP contribution in [-0.2, 0) is 0 Å². The Bertz CT molecular complexity index is 396. The minimum atomic E-state index is -0.510. The quantitative estimate of drug-likeness (QED) is 0.866. The number of halogens is 1. The van der Waals surface area contributed by atoms with Crippen LogP contribution in [0.4, 0.5) is 0 Å². The van der Waals surface area contributed by atoms with Gasteiger partial charge < -0.3 is 10.5 Å². The monoisotopic (exact) mass is 285 g/mol. The van der Waals surface area contributed by atoms with E-state index in [2.05, 4.69) is 15.9 Å². The third-order valence-electron chi connectivity index (χ3n) is 2.08. The zero-order chi connectivity index (χ0) is 12.3. The van der Waals surface area contributed by atoms with Gasteiger partial charge in [-0.1, -0.05) is 15.9 Å². The number of ketones is 1. The maximum atomic E-state index is 12.0. The molecule has 4 heteroatoms. The number of methoxy groups -OCH3 is 1. The number of ether oxygens (including phenoxy) is 1. The lowest BCUT2D eigenvalue weighted by atomic mass is 9.95. The molecule has 0 fully saturated rings.